The zero-order valence-electron chi connectivity index (χ0n) is 16.0. The van der Waals surface area contributed by atoms with Gasteiger partial charge in [-0.1, -0.05) is 0 Å². The van der Waals surface area contributed by atoms with E-state index >= 15 is 0 Å². The molecule has 1 aliphatic carbocycles. The van der Waals surface area contributed by atoms with Crippen molar-refractivity contribution in [3.05, 3.63) is 34.6 Å². The lowest BCUT2D eigenvalue weighted by molar-refractivity contribution is -0.124. The van der Waals surface area contributed by atoms with Gasteiger partial charge in [0.25, 0.3) is 0 Å². The molecule has 4 nitrogen and oxygen atoms in total. The molecular weight excluding hydrogens is 326 g/mol. The van der Waals surface area contributed by atoms with Crippen LogP contribution >= 0.6 is 0 Å². The second-order valence-corrected chi connectivity index (χ2v) is 7.53. The Morgan fingerprint density at radius 1 is 1.19 bits per heavy atom. The minimum atomic E-state index is 0.106. The van der Waals surface area contributed by atoms with Crippen molar-refractivity contribution in [2.45, 2.75) is 52.4 Å². The third kappa shape index (κ3) is 2.81. The molecule has 0 spiro atoms. The number of allylic oxidation sites excluding steroid dienone is 1. The van der Waals surface area contributed by atoms with E-state index < -0.39 is 0 Å². The standard InChI is InChI=1S/C22H27NO3/c1-14(12-20(24)23-10-6-7-11-23)17-13-18-16-8-4-5-9-19(16)26-22(18)15(2)21(17)25-3/h12-13H,4-11H2,1-3H3/b14-12+. The van der Waals surface area contributed by atoms with E-state index in [1.807, 2.05) is 11.8 Å². The van der Waals surface area contributed by atoms with E-state index in [1.165, 1.54) is 23.8 Å². The summed E-state index contributed by atoms with van der Waals surface area (Å²) in [6, 6.07) is 2.16. The van der Waals surface area contributed by atoms with Gasteiger partial charge in [0.1, 0.15) is 17.1 Å². The number of ether oxygens (including phenoxy) is 1. The molecule has 0 unspecified atom stereocenters. The molecule has 0 atom stereocenters. The zero-order chi connectivity index (χ0) is 18.3. The molecule has 1 saturated heterocycles. The van der Waals surface area contributed by atoms with Crippen molar-refractivity contribution < 1.29 is 13.9 Å². The Hall–Kier alpha value is -2.23. The quantitative estimate of drug-likeness (QED) is 0.754. The van der Waals surface area contributed by atoms with Crippen LogP contribution in [0.4, 0.5) is 0 Å². The summed E-state index contributed by atoms with van der Waals surface area (Å²) < 4.78 is 11.9. The number of hydrogen-bond acceptors (Lipinski definition) is 3. The summed E-state index contributed by atoms with van der Waals surface area (Å²) in [7, 11) is 1.69. The van der Waals surface area contributed by atoms with Crippen LogP contribution in [0.2, 0.25) is 0 Å². The largest absolute Gasteiger partial charge is 0.496 e. The van der Waals surface area contributed by atoms with Crippen LogP contribution in [-0.4, -0.2) is 31.0 Å². The van der Waals surface area contributed by atoms with E-state index in [0.29, 0.717) is 0 Å². The molecule has 2 heterocycles. The maximum atomic E-state index is 12.6. The van der Waals surface area contributed by atoms with Gasteiger partial charge in [0.05, 0.1) is 7.11 Å². The van der Waals surface area contributed by atoms with Gasteiger partial charge in [0.2, 0.25) is 5.91 Å². The van der Waals surface area contributed by atoms with Crippen LogP contribution in [0.5, 0.6) is 5.75 Å². The molecule has 2 aliphatic rings. The summed E-state index contributed by atoms with van der Waals surface area (Å²) in [5.74, 6) is 2.05. The lowest BCUT2D eigenvalue weighted by Gasteiger charge is -2.16. The van der Waals surface area contributed by atoms with E-state index in [2.05, 4.69) is 13.0 Å². The first kappa shape index (κ1) is 17.2. The first-order valence-electron chi connectivity index (χ1n) is 9.69. The van der Waals surface area contributed by atoms with Crippen LogP contribution in [0.1, 0.15) is 55.1 Å². The number of nitrogens with zero attached hydrogens (tertiary/aromatic N) is 1. The summed E-state index contributed by atoms with van der Waals surface area (Å²) in [5.41, 5.74) is 5.26. The number of furan rings is 1. The summed E-state index contributed by atoms with van der Waals surface area (Å²) >= 11 is 0. The molecular formula is C22H27NO3. The van der Waals surface area contributed by atoms with Crippen molar-refractivity contribution in [2.75, 3.05) is 20.2 Å². The second-order valence-electron chi connectivity index (χ2n) is 7.53. The molecule has 4 rings (SSSR count). The fraction of sp³-hybridized carbons (Fsp3) is 0.500. The molecule has 0 N–H and O–H groups in total. The molecule has 1 aromatic carbocycles. The average molecular weight is 353 g/mol. The van der Waals surface area contributed by atoms with E-state index in [9.17, 15) is 4.79 Å². The van der Waals surface area contributed by atoms with Crippen LogP contribution in [0.15, 0.2) is 16.6 Å². The number of carbonyl (C=O) groups is 1. The lowest BCUT2D eigenvalue weighted by Crippen LogP contribution is -2.25. The average Bonchev–Trinajstić information content (AvgIpc) is 3.29. The first-order chi connectivity index (χ1) is 12.6. The van der Waals surface area contributed by atoms with E-state index in [4.69, 9.17) is 9.15 Å². The number of carbonyl (C=O) groups excluding carboxylic acids is 1. The van der Waals surface area contributed by atoms with Crippen molar-refractivity contribution in [3.63, 3.8) is 0 Å². The van der Waals surface area contributed by atoms with E-state index in [0.717, 1.165) is 72.6 Å². The summed E-state index contributed by atoms with van der Waals surface area (Å²) in [6.07, 6.45) is 8.47. The van der Waals surface area contributed by atoms with Crippen LogP contribution in [0, 0.1) is 6.92 Å². The van der Waals surface area contributed by atoms with Crippen molar-refractivity contribution >= 4 is 22.4 Å². The number of benzene rings is 1. The monoisotopic (exact) mass is 353 g/mol. The Balaban J connectivity index is 1.81. The fourth-order valence-electron chi connectivity index (χ4n) is 4.38. The predicted octanol–water partition coefficient (Wildman–Crippen LogP) is 4.65. The summed E-state index contributed by atoms with van der Waals surface area (Å²) in [6.45, 7) is 5.79. The van der Waals surface area contributed by atoms with Gasteiger partial charge in [0, 0.05) is 47.7 Å². The highest BCUT2D eigenvalue weighted by atomic mass is 16.5. The van der Waals surface area contributed by atoms with Gasteiger partial charge in [-0.05, 0) is 57.6 Å². The second kappa shape index (κ2) is 6.82. The number of likely N-dealkylation sites (tertiary alicyclic amines) is 1. The number of rotatable bonds is 3. The molecule has 2 aromatic rings. The van der Waals surface area contributed by atoms with Crippen molar-refractivity contribution in [1.82, 2.24) is 4.90 Å². The third-order valence-electron chi connectivity index (χ3n) is 5.81. The third-order valence-corrected chi connectivity index (χ3v) is 5.81. The van der Waals surface area contributed by atoms with Gasteiger partial charge in [-0.2, -0.15) is 0 Å². The Morgan fingerprint density at radius 2 is 1.92 bits per heavy atom. The Bertz CT molecular complexity index is 885. The van der Waals surface area contributed by atoms with Gasteiger partial charge in [-0.25, -0.2) is 0 Å². The van der Waals surface area contributed by atoms with E-state index in [1.54, 1.807) is 13.2 Å². The molecule has 1 amide bonds. The SMILES string of the molecule is COc1c(/C(C)=C/C(=O)N2CCCC2)cc2c3c(oc2c1C)CCCC3. The molecule has 1 aliphatic heterocycles. The molecule has 138 valence electrons. The highest BCUT2D eigenvalue weighted by Gasteiger charge is 2.23. The van der Waals surface area contributed by atoms with Gasteiger partial charge in [-0.3, -0.25) is 4.79 Å². The Morgan fingerprint density at radius 3 is 2.65 bits per heavy atom. The minimum absolute atomic E-state index is 0.106. The molecule has 1 aromatic heterocycles. The van der Waals surface area contributed by atoms with Crippen molar-refractivity contribution in [1.29, 1.82) is 0 Å². The Labute approximate surface area is 154 Å². The molecule has 0 saturated carbocycles. The predicted molar refractivity (Wildman–Crippen MR) is 104 cm³/mol. The number of hydrogen-bond donors (Lipinski definition) is 0. The van der Waals surface area contributed by atoms with Gasteiger partial charge in [0.15, 0.2) is 0 Å². The zero-order valence-corrected chi connectivity index (χ0v) is 16.0. The number of fused-ring (bicyclic) bond motifs is 3. The maximum absolute atomic E-state index is 12.6. The van der Waals surface area contributed by atoms with Crippen molar-refractivity contribution in [3.8, 4) is 5.75 Å². The summed E-state index contributed by atoms with van der Waals surface area (Å²) in [5, 5.41) is 1.19. The molecule has 4 heteroatoms. The summed E-state index contributed by atoms with van der Waals surface area (Å²) in [4.78, 5) is 14.5. The highest BCUT2D eigenvalue weighted by Crippen LogP contribution is 2.41. The molecule has 0 bridgehead atoms. The molecule has 1 fully saturated rings. The van der Waals surface area contributed by atoms with Crippen LogP contribution in [0.25, 0.3) is 16.5 Å². The minimum Gasteiger partial charge on any atom is -0.496 e. The molecule has 26 heavy (non-hydrogen) atoms. The highest BCUT2D eigenvalue weighted by molar-refractivity contribution is 5.98. The van der Waals surface area contributed by atoms with Crippen molar-refractivity contribution in [2.24, 2.45) is 0 Å². The molecule has 0 radical (unpaired) electrons. The fourth-order valence-corrected chi connectivity index (χ4v) is 4.38. The lowest BCUT2D eigenvalue weighted by atomic mass is 9.93. The maximum Gasteiger partial charge on any atom is 0.246 e. The first-order valence-corrected chi connectivity index (χ1v) is 9.69. The number of aryl methyl sites for hydroxylation is 3. The number of amides is 1. The van der Waals surface area contributed by atoms with Crippen LogP contribution in [0.3, 0.4) is 0 Å². The smallest absolute Gasteiger partial charge is 0.246 e. The van der Waals surface area contributed by atoms with Crippen LogP contribution < -0.4 is 4.74 Å². The van der Waals surface area contributed by atoms with Crippen LogP contribution in [-0.2, 0) is 17.6 Å². The van der Waals surface area contributed by atoms with Gasteiger partial charge in [-0.15, -0.1) is 0 Å². The van der Waals surface area contributed by atoms with Gasteiger partial charge < -0.3 is 14.1 Å². The van der Waals surface area contributed by atoms with E-state index in [-0.39, 0.29) is 5.91 Å². The number of methoxy groups -OCH3 is 1. The Kier molecular flexibility index (Phi) is 4.51. The topological polar surface area (TPSA) is 42.7 Å². The normalized spacial score (nSPS) is 17.7. The van der Waals surface area contributed by atoms with Gasteiger partial charge >= 0.3 is 0 Å².